The van der Waals surface area contributed by atoms with Crippen molar-refractivity contribution in [3.8, 4) is 11.5 Å². The van der Waals surface area contributed by atoms with E-state index in [1.165, 1.54) is 12.3 Å². The molecular weight excluding hydrogens is 340 g/mol. The van der Waals surface area contributed by atoms with Crippen molar-refractivity contribution in [1.82, 2.24) is 4.98 Å². The molecule has 0 saturated carbocycles. The van der Waals surface area contributed by atoms with Crippen LogP contribution in [-0.4, -0.2) is 22.8 Å². The van der Waals surface area contributed by atoms with Gasteiger partial charge in [0.2, 0.25) is 6.79 Å². The molecule has 1 amide bonds. The van der Waals surface area contributed by atoms with Crippen LogP contribution in [0, 0.1) is 6.92 Å². The number of amides is 1. The molecule has 0 bridgehead atoms. The molecule has 3 heterocycles. The van der Waals surface area contributed by atoms with Gasteiger partial charge in [-0.2, -0.15) is 0 Å². The van der Waals surface area contributed by atoms with Crippen molar-refractivity contribution in [2.45, 2.75) is 13.5 Å². The summed E-state index contributed by atoms with van der Waals surface area (Å²) < 4.78 is 15.7. The van der Waals surface area contributed by atoms with Gasteiger partial charge in [0.05, 0.1) is 12.3 Å². The summed E-state index contributed by atoms with van der Waals surface area (Å²) in [6.07, 6.45) is 1.48. The number of nitrogens with one attached hydrogen (secondary N) is 1. The molecule has 1 aliphatic rings. The maximum absolute atomic E-state index is 12.5. The summed E-state index contributed by atoms with van der Waals surface area (Å²) in [6, 6.07) is 6.32. The number of aliphatic hydroxyl groups excluding tert-OH is 1. The molecule has 0 spiro atoms. The predicted molar refractivity (Wildman–Crippen MR) is 91.5 cm³/mol. The second kappa shape index (κ2) is 6.16. The highest BCUT2D eigenvalue weighted by Crippen LogP contribution is 2.34. The Morgan fingerprint density at radius 3 is 2.88 bits per heavy atom. The van der Waals surface area contributed by atoms with Crippen molar-refractivity contribution in [3.63, 3.8) is 0 Å². The van der Waals surface area contributed by atoms with E-state index in [4.69, 9.17) is 13.9 Å². The molecule has 3 aromatic rings. The van der Waals surface area contributed by atoms with Gasteiger partial charge in [-0.3, -0.25) is 9.78 Å². The Hall–Kier alpha value is -3.39. The number of aromatic nitrogens is 1. The van der Waals surface area contributed by atoms with Crippen LogP contribution in [0.1, 0.15) is 21.6 Å². The summed E-state index contributed by atoms with van der Waals surface area (Å²) in [4.78, 5) is 28.9. The zero-order chi connectivity index (χ0) is 18.3. The summed E-state index contributed by atoms with van der Waals surface area (Å²) in [5.74, 6) is 0.472. The number of carbonyl (C=O) groups excluding carboxylic acids is 1. The van der Waals surface area contributed by atoms with E-state index in [1.807, 2.05) is 0 Å². The Morgan fingerprint density at radius 1 is 1.27 bits per heavy atom. The molecule has 8 nitrogen and oxygen atoms in total. The van der Waals surface area contributed by atoms with Gasteiger partial charge in [-0.15, -0.1) is 0 Å². The lowest BCUT2D eigenvalue weighted by Crippen LogP contribution is -2.21. The van der Waals surface area contributed by atoms with Crippen LogP contribution in [-0.2, 0) is 6.61 Å². The fraction of sp³-hybridized carbons (Fsp3) is 0.167. The van der Waals surface area contributed by atoms with E-state index in [1.54, 1.807) is 25.1 Å². The number of fused-ring (bicyclic) bond motifs is 2. The van der Waals surface area contributed by atoms with E-state index in [9.17, 15) is 14.7 Å². The molecule has 2 aromatic heterocycles. The topological polar surface area (TPSA) is 111 Å². The van der Waals surface area contributed by atoms with Crippen LogP contribution in [0.2, 0.25) is 0 Å². The minimum atomic E-state index is -0.782. The second-order valence-corrected chi connectivity index (χ2v) is 5.74. The molecule has 0 unspecified atom stereocenters. The molecule has 0 fully saturated rings. The molecule has 4 rings (SSSR count). The van der Waals surface area contributed by atoms with E-state index in [0.29, 0.717) is 33.8 Å². The Labute approximate surface area is 147 Å². The van der Waals surface area contributed by atoms with Crippen LogP contribution in [0.25, 0.3) is 11.0 Å². The van der Waals surface area contributed by atoms with Crippen molar-refractivity contribution in [2.75, 3.05) is 12.1 Å². The van der Waals surface area contributed by atoms with Gasteiger partial charge in [-0.05, 0) is 25.1 Å². The van der Waals surface area contributed by atoms with E-state index < -0.39 is 11.5 Å². The number of hydrogen-bond donors (Lipinski definition) is 2. The van der Waals surface area contributed by atoms with Gasteiger partial charge in [0, 0.05) is 28.9 Å². The number of rotatable bonds is 3. The average Bonchev–Trinajstić information content (AvgIpc) is 3.10. The summed E-state index contributed by atoms with van der Waals surface area (Å²) in [7, 11) is 0. The lowest BCUT2D eigenvalue weighted by molar-refractivity contribution is 0.102. The van der Waals surface area contributed by atoms with Crippen molar-refractivity contribution in [1.29, 1.82) is 0 Å². The largest absolute Gasteiger partial charge is 0.454 e. The SMILES string of the molecule is Cc1ncc(CO)c2cc(C(=O)Nc3ccc4c(c3)OCO4)c(=O)oc12. The van der Waals surface area contributed by atoms with Crippen molar-refractivity contribution in [3.05, 3.63) is 57.7 Å². The first-order valence-corrected chi connectivity index (χ1v) is 7.81. The van der Waals surface area contributed by atoms with Gasteiger partial charge in [0.1, 0.15) is 5.56 Å². The first kappa shape index (κ1) is 16.1. The molecule has 1 aliphatic heterocycles. The standard InChI is InChI=1S/C18H14N2O6/c1-9-16-12(10(7-21)6-19-9)5-13(18(23)26-16)17(22)20-11-2-3-14-15(4-11)25-8-24-14/h2-6,21H,7-8H2,1H3,(H,20,22). The van der Waals surface area contributed by atoms with Crippen molar-refractivity contribution < 1.29 is 23.8 Å². The Balaban J connectivity index is 1.72. The maximum atomic E-state index is 12.5. The Bertz CT molecular complexity index is 1090. The summed E-state index contributed by atoms with van der Waals surface area (Å²) in [5.41, 5.74) is 0.711. The normalized spacial score (nSPS) is 12.4. The van der Waals surface area contributed by atoms with E-state index in [0.717, 1.165) is 0 Å². The van der Waals surface area contributed by atoms with Crippen molar-refractivity contribution >= 4 is 22.6 Å². The molecular formula is C18H14N2O6. The van der Waals surface area contributed by atoms with E-state index in [2.05, 4.69) is 10.3 Å². The van der Waals surface area contributed by atoms with Crippen LogP contribution in [0.4, 0.5) is 5.69 Å². The number of anilines is 1. The molecule has 2 N–H and O–H groups in total. The van der Waals surface area contributed by atoms with Gasteiger partial charge >= 0.3 is 5.63 Å². The number of ether oxygens (including phenoxy) is 2. The van der Waals surface area contributed by atoms with Crippen LogP contribution in [0.3, 0.4) is 0 Å². The summed E-state index contributed by atoms with van der Waals surface area (Å²) in [6.45, 7) is 1.51. The molecule has 8 heteroatoms. The first-order chi connectivity index (χ1) is 12.6. The van der Waals surface area contributed by atoms with Crippen LogP contribution >= 0.6 is 0 Å². The van der Waals surface area contributed by atoms with Crippen LogP contribution in [0.15, 0.2) is 39.7 Å². The van der Waals surface area contributed by atoms with Gasteiger partial charge in [-0.25, -0.2) is 4.79 Å². The molecule has 0 atom stereocenters. The number of aryl methyl sites for hydroxylation is 1. The molecule has 26 heavy (non-hydrogen) atoms. The zero-order valence-corrected chi connectivity index (χ0v) is 13.7. The fourth-order valence-electron chi connectivity index (χ4n) is 2.74. The lowest BCUT2D eigenvalue weighted by Gasteiger charge is -2.08. The molecule has 0 radical (unpaired) electrons. The molecule has 1 aromatic carbocycles. The first-order valence-electron chi connectivity index (χ1n) is 7.81. The van der Waals surface area contributed by atoms with Crippen LogP contribution in [0.5, 0.6) is 11.5 Å². The minimum Gasteiger partial charge on any atom is -0.454 e. The zero-order valence-electron chi connectivity index (χ0n) is 13.7. The average molecular weight is 354 g/mol. The number of pyridine rings is 1. The van der Waals surface area contributed by atoms with Gasteiger partial charge in [0.15, 0.2) is 17.1 Å². The van der Waals surface area contributed by atoms with E-state index in [-0.39, 0.29) is 24.5 Å². The number of aliphatic hydroxyl groups is 1. The third-order valence-corrected chi connectivity index (χ3v) is 4.08. The van der Waals surface area contributed by atoms with Gasteiger partial charge < -0.3 is 24.3 Å². The molecule has 0 saturated heterocycles. The predicted octanol–water partition coefficient (Wildman–Crippen LogP) is 1.97. The Morgan fingerprint density at radius 2 is 2.08 bits per heavy atom. The third kappa shape index (κ3) is 2.66. The van der Waals surface area contributed by atoms with E-state index >= 15 is 0 Å². The number of benzene rings is 1. The second-order valence-electron chi connectivity index (χ2n) is 5.74. The minimum absolute atomic E-state index is 0.123. The fourth-order valence-corrected chi connectivity index (χ4v) is 2.74. The van der Waals surface area contributed by atoms with Crippen molar-refractivity contribution in [2.24, 2.45) is 0 Å². The number of nitrogens with zero attached hydrogens (tertiary/aromatic N) is 1. The monoisotopic (exact) mass is 354 g/mol. The van der Waals surface area contributed by atoms with Gasteiger partial charge in [-0.1, -0.05) is 0 Å². The highest BCUT2D eigenvalue weighted by Gasteiger charge is 2.19. The highest BCUT2D eigenvalue weighted by atomic mass is 16.7. The molecule has 132 valence electrons. The summed E-state index contributed by atoms with van der Waals surface area (Å²) in [5, 5.41) is 12.6. The number of hydrogen-bond acceptors (Lipinski definition) is 7. The third-order valence-electron chi connectivity index (χ3n) is 4.08. The smallest absolute Gasteiger partial charge is 0.349 e. The lowest BCUT2D eigenvalue weighted by atomic mass is 10.1. The van der Waals surface area contributed by atoms with Gasteiger partial charge in [0.25, 0.3) is 5.91 Å². The summed E-state index contributed by atoms with van der Waals surface area (Å²) >= 11 is 0. The molecule has 0 aliphatic carbocycles. The quantitative estimate of drug-likeness (QED) is 0.740. The Kier molecular flexibility index (Phi) is 3.81. The van der Waals surface area contributed by atoms with Crippen LogP contribution < -0.4 is 20.4 Å². The number of carbonyl (C=O) groups is 1. The maximum Gasteiger partial charge on any atom is 0.349 e. The highest BCUT2D eigenvalue weighted by molar-refractivity contribution is 6.05.